The van der Waals surface area contributed by atoms with E-state index in [1.165, 1.54) is 0 Å². The highest BCUT2D eigenvalue weighted by molar-refractivity contribution is 9.12. The van der Waals surface area contributed by atoms with Crippen molar-refractivity contribution in [2.75, 3.05) is 23.9 Å². The van der Waals surface area contributed by atoms with Crippen LogP contribution >= 0.6 is 110 Å². The van der Waals surface area contributed by atoms with Crippen molar-refractivity contribution < 1.29 is 13.7 Å². The van der Waals surface area contributed by atoms with Crippen molar-refractivity contribution in [1.29, 1.82) is 0 Å². The molecule has 0 spiro atoms. The fourth-order valence-corrected chi connectivity index (χ4v) is 5.40. The van der Waals surface area contributed by atoms with Crippen molar-refractivity contribution in [1.82, 2.24) is 0 Å². The standard InChI is InChI=1S/C18H14Br4Cl4O3S/c19-5-9(21)7-28-17-13(23)1-11(2-14(17)24)30(27)12-3-15(25)18(16(26)4-12)29-8-10(22)6-20/h1-4,9-10H,5-8H2. The lowest BCUT2D eigenvalue weighted by Gasteiger charge is -2.15. The van der Waals surface area contributed by atoms with E-state index in [0.29, 0.717) is 45.2 Å². The van der Waals surface area contributed by atoms with Crippen LogP contribution in [0.2, 0.25) is 20.1 Å². The Morgan fingerprint density at radius 2 is 1.03 bits per heavy atom. The van der Waals surface area contributed by atoms with Crippen molar-refractivity contribution in [2.45, 2.75) is 19.4 Å². The summed E-state index contributed by atoms with van der Waals surface area (Å²) < 4.78 is 24.4. The Hall–Kier alpha value is 1.27. The van der Waals surface area contributed by atoms with Crippen LogP contribution in [0.3, 0.4) is 0 Å². The molecule has 0 saturated heterocycles. The number of halogens is 8. The minimum atomic E-state index is -1.62. The van der Waals surface area contributed by atoms with Crippen molar-refractivity contribution in [2.24, 2.45) is 0 Å². The summed E-state index contributed by atoms with van der Waals surface area (Å²) in [5.74, 6) is 0.667. The predicted octanol–water partition coefficient (Wildman–Crippen LogP) is 8.54. The molecule has 0 heterocycles. The molecule has 0 bridgehead atoms. The largest absolute Gasteiger partial charge is 0.489 e. The molecule has 2 unspecified atom stereocenters. The SMILES string of the molecule is O=S(c1cc(Cl)c(OCC(Br)CBr)c(Cl)c1)c1cc(Cl)c(OCC(Br)CBr)c(Cl)c1. The maximum Gasteiger partial charge on any atom is 0.156 e. The molecule has 0 aromatic heterocycles. The number of ether oxygens (including phenoxy) is 2. The normalized spacial score (nSPS) is 14.3. The summed E-state index contributed by atoms with van der Waals surface area (Å²) in [5, 5.41) is 2.45. The minimum Gasteiger partial charge on any atom is -0.489 e. The zero-order chi connectivity index (χ0) is 22.4. The van der Waals surface area contributed by atoms with Gasteiger partial charge in [0.1, 0.15) is 13.2 Å². The fraction of sp³-hybridized carbons (Fsp3) is 0.333. The Morgan fingerprint density at radius 3 is 1.30 bits per heavy atom. The molecule has 0 radical (unpaired) electrons. The van der Waals surface area contributed by atoms with Crippen LogP contribution in [0.1, 0.15) is 0 Å². The molecule has 2 aromatic rings. The van der Waals surface area contributed by atoms with Gasteiger partial charge >= 0.3 is 0 Å². The first-order valence-electron chi connectivity index (χ1n) is 8.23. The molecule has 0 saturated carbocycles. The van der Waals surface area contributed by atoms with Gasteiger partial charge in [-0.1, -0.05) is 110 Å². The van der Waals surface area contributed by atoms with Gasteiger partial charge in [-0.15, -0.1) is 0 Å². The third-order valence-corrected chi connectivity index (χ3v) is 10.5. The van der Waals surface area contributed by atoms with Gasteiger partial charge in [-0.2, -0.15) is 0 Å². The summed E-state index contributed by atoms with van der Waals surface area (Å²) in [7, 11) is -1.62. The Morgan fingerprint density at radius 1 is 0.733 bits per heavy atom. The van der Waals surface area contributed by atoms with E-state index in [9.17, 15) is 4.21 Å². The summed E-state index contributed by atoms with van der Waals surface area (Å²) in [6, 6.07) is 6.20. The molecule has 30 heavy (non-hydrogen) atoms. The van der Waals surface area contributed by atoms with Crippen molar-refractivity contribution in [3.63, 3.8) is 0 Å². The van der Waals surface area contributed by atoms with Gasteiger partial charge in [-0.05, 0) is 24.3 Å². The average Bonchev–Trinajstić information content (AvgIpc) is 2.71. The summed E-state index contributed by atoms with van der Waals surface area (Å²) in [6.45, 7) is 0.730. The first kappa shape index (κ1) is 27.5. The van der Waals surface area contributed by atoms with Crippen LogP contribution in [0.4, 0.5) is 0 Å². The number of benzene rings is 2. The van der Waals surface area contributed by atoms with E-state index in [2.05, 4.69) is 63.7 Å². The van der Waals surface area contributed by atoms with Gasteiger partial charge in [0, 0.05) is 20.5 Å². The number of alkyl halides is 4. The maximum absolute atomic E-state index is 13.1. The van der Waals surface area contributed by atoms with E-state index in [-0.39, 0.29) is 29.7 Å². The lowest BCUT2D eigenvalue weighted by atomic mass is 10.3. The van der Waals surface area contributed by atoms with Crippen LogP contribution in [-0.2, 0) is 10.8 Å². The second-order valence-corrected chi connectivity index (χ2v) is 12.8. The third-order valence-electron chi connectivity index (χ3n) is 3.52. The summed E-state index contributed by atoms with van der Waals surface area (Å²) in [6.07, 6.45) is 0. The van der Waals surface area contributed by atoms with E-state index >= 15 is 0 Å². The van der Waals surface area contributed by atoms with Crippen LogP contribution in [-0.4, -0.2) is 37.7 Å². The van der Waals surface area contributed by atoms with Crippen molar-refractivity contribution in [3.05, 3.63) is 44.4 Å². The zero-order valence-electron chi connectivity index (χ0n) is 14.9. The van der Waals surface area contributed by atoms with Crippen molar-refractivity contribution >= 4 is 121 Å². The topological polar surface area (TPSA) is 35.5 Å². The minimum absolute atomic E-state index is 0.0952. The molecule has 0 amide bonds. The first-order valence-corrected chi connectivity index (χ1v) is 15.0. The molecule has 0 N–H and O–H groups in total. The van der Waals surface area contributed by atoms with Gasteiger partial charge in [0.2, 0.25) is 0 Å². The molecule has 166 valence electrons. The van der Waals surface area contributed by atoms with Crippen LogP contribution in [0.5, 0.6) is 11.5 Å². The molecular weight excluding hydrogens is 758 g/mol. The Kier molecular flexibility index (Phi) is 12.1. The van der Waals surface area contributed by atoms with Gasteiger partial charge in [0.05, 0.1) is 40.5 Å². The maximum atomic E-state index is 13.1. The van der Waals surface area contributed by atoms with Gasteiger partial charge in [0.15, 0.2) is 11.5 Å². The third kappa shape index (κ3) is 7.66. The number of rotatable bonds is 10. The molecule has 3 nitrogen and oxygen atoms in total. The highest BCUT2D eigenvalue weighted by Gasteiger charge is 2.19. The quantitative estimate of drug-likeness (QED) is 0.228. The molecular formula is C18H14Br4Cl4O3S. The number of hydrogen-bond acceptors (Lipinski definition) is 3. The molecule has 2 atom stereocenters. The van der Waals surface area contributed by atoms with E-state index in [1.54, 1.807) is 24.3 Å². The molecule has 0 aliphatic carbocycles. The predicted molar refractivity (Wildman–Crippen MR) is 142 cm³/mol. The molecule has 2 aromatic carbocycles. The van der Waals surface area contributed by atoms with Crippen LogP contribution < -0.4 is 9.47 Å². The van der Waals surface area contributed by atoms with E-state index in [1.807, 2.05) is 0 Å². The Labute approximate surface area is 231 Å². The molecule has 0 aliphatic rings. The second-order valence-electron chi connectivity index (χ2n) is 5.83. The van der Waals surface area contributed by atoms with E-state index < -0.39 is 10.8 Å². The average molecular weight is 772 g/mol. The fourth-order valence-electron chi connectivity index (χ4n) is 2.14. The van der Waals surface area contributed by atoms with Gasteiger partial charge in [-0.25, -0.2) is 4.21 Å². The second kappa shape index (κ2) is 13.2. The van der Waals surface area contributed by atoms with Crippen LogP contribution in [0, 0.1) is 0 Å². The van der Waals surface area contributed by atoms with Gasteiger partial charge in [0.25, 0.3) is 0 Å². The zero-order valence-corrected chi connectivity index (χ0v) is 25.1. The van der Waals surface area contributed by atoms with Crippen molar-refractivity contribution in [3.8, 4) is 11.5 Å². The summed E-state index contributed by atoms with van der Waals surface area (Å²) >= 11 is 38.9. The molecule has 0 aliphatic heterocycles. The summed E-state index contributed by atoms with van der Waals surface area (Å²) in [4.78, 5) is 0.985. The monoisotopic (exact) mass is 766 g/mol. The Balaban J connectivity index is 2.26. The summed E-state index contributed by atoms with van der Waals surface area (Å²) in [5.41, 5.74) is 0. The van der Waals surface area contributed by atoms with E-state index in [4.69, 9.17) is 55.9 Å². The number of hydrogen-bond donors (Lipinski definition) is 0. The molecule has 2 rings (SSSR count). The van der Waals surface area contributed by atoms with E-state index in [0.717, 1.165) is 0 Å². The van der Waals surface area contributed by atoms with Gasteiger partial charge < -0.3 is 9.47 Å². The lowest BCUT2D eigenvalue weighted by Crippen LogP contribution is -2.13. The lowest BCUT2D eigenvalue weighted by molar-refractivity contribution is 0.325. The van der Waals surface area contributed by atoms with Crippen LogP contribution in [0.25, 0.3) is 0 Å². The smallest absolute Gasteiger partial charge is 0.156 e. The Bertz CT molecular complexity index is 801. The molecule has 0 fully saturated rings. The van der Waals surface area contributed by atoms with Gasteiger partial charge in [-0.3, -0.25) is 0 Å². The highest BCUT2D eigenvalue weighted by Crippen LogP contribution is 2.39. The van der Waals surface area contributed by atoms with Crippen LogP contribution in [0.15, 0.2) is 34.1 Å². The molecule has 12 heteroatoms. The highest BCUT2D eigenvalue weighted by atomic mass is 79.9. The first-order chi connectivity index (χ1) is 14.2.